The molecule has 1 aromatic heterocycles. The summed E-state index contributed by atoms with van der Waals surface area (Å²) in [6.07, 6.45) is 5.97. The first-order chi connectivity index (χ1) is 9.54. The van der Waals surface area contributed by atoms with Crippen molar-refractivity contribution in [1.29, 1.82) is 0 Å². The minimum absolute atomic E-state index is 0.0799. The van der Waals surface area contributed by atoms with Gasteiger partial charge >= 0.3 is 0 Å². The lowest BCUT2D eigenvalue weighted by Crippen LogP contribution is -2.40. The molecule has 3 N–H and O–H groups in total. The molecule has 2 atom stereocenters. The van der Waals surface area contributed by atoms with Gasteiger partial charge in [-0.05, 0) is 32.6 Å². The smallest absolute Gasteiger partial charge is 0.271 e. The first-order valence-electron chi connectivity index (χ1n) is 7.68. The van der Waals surface area contributed by atoms with Gasteiger partial charge in [0, 0.05) is 12.6 Å². The summed E-state index contributed by atoms with van der Waals surface area (Å²) in [5, 5.41) is 7.49. The minimum atomic E-state index is -0.0799. The van der Waals surface area contributed by atoms with E-state index < -0.39 is 0 Å². The van der Waals surface area contributed by atoms with Crippen LogP contribution in [0.2, 0.25) is 0 Å². The Morgan fingerprint density at radius 3 is 2.80 bits per heavy atom. The van der Waals surface area contributed by atoms with Gasteiger partial charge in [-0.25, -0.2) is 0 Å². The fraction of sp³-hybridized carbons (Fsp3) is 0.733. The second-order valence-electron chi connectivity index (χ2n) is 5.86. The van der Waals surface area contributed by atoms with Crippen molar-refractivity contribution in [3.05, 3.63) is 11.4 Å². The number of amides is 1. The third-order valence-corrected chi connectivity index (χ3v) is 4.37. The lowest BCUT2D eigenvalue weighted by molar-refractivity contribution is 0.0911. The highest BCUT2D eigenvalue weighted by molar-refractivity contribution is 5.98. The molecule has 0 radical (unpaired) electrons. The first-order valence-corrected chi connectivity index (χ1v) is 7.68. The molecule has 1 fully saturated rings. The average Bonchev–Trinajstić information content (AvgIpc) is 2.58. The van der Waals surface area contributed by atoms with Crippen LogP contribution in [0.15, 0.2) is 0 Å². The van der Waals surface area contributed by atoms with E-state index in [1.165, 1.54) is 25.7 Å². The number of carbonyl (C=O) groups excluding carboxylic acids is 1. The summed E-state index contributed by atoms with van der Waals surface area (Å²) in [7, 11) is 0. The second kappa shape index (κ2) is 6.29. The van der Waals surface area contributed by atoms with Crippen LogP contribution in [0.3, 0.4) is 0 Å². The lowest BCUT2D eigenvalue weighted by Gasteiger charge is -2.23. The highest BCUT2D eigenvalue weighted by Gasteiger charge is 2.25. The summed E-state index contributed by atoms with van der Waals surface area (Å²) in [4.78, 5) is 12.5. The maximum atomic E-state index is 12.5. The van der Waals surface area contributed by atoms with Gasteiger partial charge in [-0.15, -0.1) is 0 Å². The van der Waals surface area contributed by atoms with E-state index in [2.05, 4.69) is 17.3 Å². The van der Waals surface area contributed by atoms with Gasteiger partial charge in [0.05, 0.1) is 11.4 Å². The Morgan fingerprint density at radius 2 is 2.10 bits per heavy atom. The molecule has 112 valence electrons. The largest absolute Gasteiger partial charge is 0.395 e. The van der Waals surface area contributed by atoms with Crippen LogP contribution in [-0.4, -0.2) is 21.7 Å². The van der Waals surface area contributed by atoms with E-state index in [1.807, 2.05) is 13.8 Å². The fourth-order valence-corrected chi connectivity index (χ4v) is 3.01. The Balaban J connectivity index is 2.15. The van der Waals surface area contributed by atoms with Crippen LogP contribution in [0.1, 0.15) is 62.1 Å². The molecule has 20 heavy (non-hydrogen) atoms. The molecule has 0 saturated heterocycles. The summed E-state index contributed by atoms with van der Waals surface area (Å²) in [6, 6.07) is 0.255. The number of aromatic nitrogens is 2. The van der Waals surface area contributed by atoms with E-state index in [0.29, 0.717) is 23.8 Å². The molecule has 2 rings (SSSR count). The van der Waals surface area contributed by atoms with Gasteiger partial charge in [0.25, 0.3) is 5.91 Å². The van der Waals surface area contributed by atoms with Crippen LogP contribution in [0, 0.1) is 12.8 Å². The topological polar surface area (TPSA) is 72.9 Å². The molecule has 2 unspecified atom stereocenters. The monoisotopic (exact) mass is 278 g/mol. The highest BCUT2D eigenvalue weighted by atomic mass is 16.2. The molecular formula is C15H26N4O. The molecule has 0 aliphatic heterocycles. The maximum absolute atomic E-state index is 12.5. The number of anilines is 1. The number of hydrogen-bond acceptors (Lipinski definition) is 3. The SMILES string of the molecule is CCn1nc(C)c(N)c1C(=O)NC1CCCCCC1C. The summed E-state index contributed by atoms with van der Waals surface area (Å²) >= 11 is 0. The van der Waals surface area contributed by atoms with Gasteiger partial charge in [-0.1, -0.05) is 26.2 Å². The second-order valence-corrected chi connectivity index (χ2v) is 5.86. The Kier molecular flexibility index (Phi) is 4.68. The summed E-state index contributed by atoms with van der Waals surface area (Å²) < 4.78 is 1.70. The number of nitrogen functional groups attached to an aromatic ring is 1. The van der Waals surface area contributed by atoms with E-state index in [-0.39, 0.29) is 11.9 Å². The summed E-state index contributed by atoms with van der Waals surface area (Å²) in [6.45, 7) is 6.69. The third-order valence-electron chi connectivity index (χ3n) is 4.37. The van der Waals surface area contributed by atoms with Crippen LogP contribution >= 0.6 is 0 Å². The van der Waals surface area contributed by atoms with Gasteiger partial charge in [0.15, 0.2) is 0 Å². The number of nitrogens with one attached hydrogen (secondary N) is 1. The van der Waals surface area contributed by atoms with Gasteiger partial charge < -0.3 is 11.1 Å². The molecule has 0 bridgehead atoms. The minimum Gasteiger partial charge on any atom is -0.395 e. The van der Waals surface area contributed by atoms with Crippen LogP contribution in [0.25, 0.3) is 0 Å². The molecule has 1 amide bonds. The van der Waals surface area contributed by atoms with E-state index in [1.54, 1.807) is 4.68 Å². The summed E-state index contributed by atoms with van der Waals surface area (Å²) in [5.41, 5.74) is 7.75. The molecule has 1 heterocycles. The molecule has 5 heteroatoms. The number of hydrogen-bond donors (Lipinski definition) is 2. The Hall–Kier alpha value is -1.52. The van der Waals surface area contributed by atoms with Crippen molar-refractivity contribution in [1.82, 2.24) is 15.1 Å². The zero-order valence-corrected chi connectivity index (χ0v) is 12.8. The molecule has 0 aromatic carbocycles. The molecule has 5 nitrogen and oxygen atoms in total. The van der Waals surface area contributed by atoms with Gasteiger partial charge in [-0.2, -0.15) is 5.10 Å². The van der Waals surface area contributed by atoms with Crippen LogP contribution in [0.5, 0.6) is 0 Å². The van der Waals surface area contributed by atoms with Crippen LogP contribution in [0.4, 0.5) is 5.69 Å². The van der Waals surface area contributed by atoms with E-state index in [9.17, 15) is 4.79 Å². The number of nitrogens with two attached hydrogens (primary N) is 1. The molecule has 1 aliphatic carbocycles. The predicted molar refractivity (Wildman–Crippen MR) is 80.6 cm³/mol. The Bertz CT molecular complexity index is 480. The van der Waals surface area contributed by atoms with Crippen molar-refractivity contribution in [3.8, 4) is 0 Å². The molecular weight excluding hydrogens is 252 g/mol. The maximum Gasteiger partial charge on any atom is 0.271 e. The zero-order valence-electron chi connectivity index (χ0n) is 12.8. The van der Waals surface area contributed by atoms with Crippen LogP contribution < -0.4 is 11.1 Å². The number of carbonyl (C=O) groups is 1. The van der Waals surface area contributed by atoms with E-state index in [4.69, 9.17) is 5.73 Å². The van der Waals surface area contributed by atoms with Crippen molar-refractivity contribution >= 4 is 11.6 Å². The summed E-state index contributed by atoms with van der Waals surface area (Å²) in [5.74, 6) is 0.450. The number of rotatable bonds is 3. The normalized spacial score (nSPS) is 23.4. The molecule has 0 spiro atoms. The van der Waals surface area contributed by atoms with Crippen LogP contribution in [-0.2, 0) is 6.54 Å². The molecule has 1 saturated carbocycles. The Morgan fingerprint density at radius 1 is 1.40 bits per heavy atom. The lowest BCUT2D eigenvalue weighted by atomic mass is 9.97. The van der Waals surface area contributed by atoms with Crippen molar-refractivity contribution in [2.45, 2.75) is 65.5 Å². The Labute approximate surface area is 120 Å². The first kappa shape index (κ1) is 14.9. The fourth-order valence-electron chi connectivity index (χ4n) is 3.01. The van der Waals surface area contributed by atoms with Crippen molar-refractivity contribution in [3.63, 3.8) is 0 Å². The average molecular weight is 278 g/mol. The molecule has 1 aliphatic rings. The van der Waals surface area contributed by atoms with Crippen molar-refractivity contribution in [2.75, 3.05) is 5.73 Å². The van der Waals surface area contributed by atoms with E-state index in [0.717, 1.165) is 12.1 Å². The zero-order chi connectivity index (χ0) is 14.7. The predicted octanol–water partition coefficient (Wildman–Crippen LogP) is 2.49. The van der Waals surface area contributed by atoms with Gasteiger partial charge in [0.2, 0.25) is 0 Å². The highest BCUT2D eigenvalue weighted by Crippen LogP contribution is 2.24. The molecule has 1 aromatic rings. The third kappa shape index (κ3) is 2.97. The standard InChI is InChI=1S/C15H26N4O/c1-4-19-14(13(16)11(3)18-19)15(20)17-12-9-7-5-6-8-10(12)2/h10,12H,4-9,16H2,1-3H3,(H,17,20). The van der Waals surface area contributed by atoms with Crippen molar-refractivity contribution in [2.24, 2.45) is 5.92 Å². The van der Waals surface area contributed by atoms with E-state index >= 15 is 0 Å². The number of nitrogens with zero attached hydrogens (tertiary/aromatic N) is 2. The van der Waals surface area contributed by atoms with Crippen molar-refractivity contribution < 1.29 is 4.79 Å². The quantitative estimate of drug-likeness (QED) is 0.834. The van der Waals surface area contributed by atoms with Gasteiger partial charge in [0.1, 0.15) is 5.69 Å². The van der Waals surface area contributed by atoms with Gasteiger partial charge in [-0.3, -0.25) is 9.48 Å². The number of aryl methyl sites for hydroxylation is 2.